The first-order chi connectivity index (χ1) is 7.28. The van der Waals surface area contributed by atoms with E-state index in [1.165, 1.54) is 18.1 Å². The molecule has 15 heavy (non-hydrogen) atoms. The summed E-state index contributed by atoms with van der Waals surface area (Å²) in [5, 5.41) is 1.27. The molecule has 0 bridgehead atoms. The van der Waals surface area contributed by atoms with Crippen molar-refractivity contribution in [2.24, 2.45) is 5.84 Å². The van der Waals surface area contributed by atoms with Crippen LogP contribution in [-0.2, 0) is 0 Å². The van der Waals surface area contributed by atoms with Crippen molar-refractivity contribution in [3.8, 4) is 0 Å². The second-order valence-corrected chi connectivity index (χ2v) is 3.71. The molecule has 0 fully saturated rings. The Bertz CT molecular complexity index is 458. The largest absolute Gasteiger partial charge is 0.439 e. The molecule has 0 atom stereocenters. The van der Waals surface area contributed by atoms with E-state index in [9.17, 15) is 0 Å². The summed E-state index contributed by atoms with van der Waals surface area (Å²) in [6, 6.07) is 1.71. The summed E-state index contributed by atoms with van der Waals surface area (Å²) in [4.78, 5) is 12.1. The van der Waals surface area contributed by atoms with Crippen molar-refractivity contribution in [3.05, 3.63) is 24.4 Å². The van der Waals surface area contributed by atoms with Crippen molar-refractivity contribution in [2.45, 2.75) is 17.2 Å². The fourth-order valence-electron chi connectivity index (χ4n) is 0.943. The first-order valence-corrected chi connectivity index (χ1v) is 4.98. The van der Waals surface area contributed by atoms with E-state index in [2.05, 4.69) is 20.4 Å². The van der Waals surface area contributed by atoms with Gasteiger partial charge in [-0.1, -0.05) is 0 Å². The summed E-state index contributed by atoms with van der Waals surface area (Å²) < 4.78 is 5.18. The van der Waals surface area contributed by atoms with Crippen LogP contribution in [0.3, 0.4) is 0 Å². The van der Waals surface area contributed by atoms with Crippen LogP contribution in [0.25, 0.3) is 0 Å². The molecule has 0 aliphatic heterocycles. The fraction of sp³-hybridized carbons (Fsp3) is 0.125. The standard InChI is InChI=1S/C8H9N5OS/c1-5-3-14-8(12-5)15-7-2-6(13-9)10-4-11-7/h2-4H,9H2,1H3,(H,10,11,13). The number of rotatable bonds is 3. The predicted octanol–water partition coefficient (Wildman–Crippen LogP) is 1.21. The van der Waals surface area contributed by atoms with Crippen molar-refractivity contribution < 1.29 is 4.42 Å². The van der Waals surface area contributed by atoms with Gasteiger partial charge in [-0.05, 0) is 18.7 Å². The van der Waals surface area contributed by atoms with E-state index >= 15 is 0 Å². The first-order valence-electron chi connectivity index (χ1n) is 4.16. The fourth-order valence-corrected chi connectivity index (χ4v) is 1.68. The monoisotopic (exact) mass is 223 g/mol. The zero-order valence-corrected chi connectivity index (χ0v) is 8.78. The summed E-state index contributed by atoms with van der Waals surface area (Å²) in [5.74, 6) is 5.78. The van der Waals surface area contributed by atoms with Gasteiger partial charge in [-0.3, -0.25) is 0 Å². The Balaban J connectivity index is 2.16. The molecule has 0 saturated carbocycles. The SMILES string of the molecule is Cc1coc(Sc2cc(NN)ncn2)n1. The number of hydrazine groups is 1. The molecule has 6 nitrogen and oxygen atoms in total. The third-order valence-corrected chi connectivity index (χ3v) is 2.37. The van der Waals surface area contributed by atoms with Crippen LogP contribution in [0.15, 0.2) is 33.3 Å². The summed E-state index contributed by atoms with van der Waals surface area (Å²) in [5.41, 5.74) is 3.28. The third kappa shape index (κ3) is 2.45. The zero-order chi connectivity index (χ0) is 10.7. The van der Waals surface area contributed by atoms with Crippen molar-refractivity contribution in [1.29, 1.82) is 0 Å². The maximum atomic E-state index is 5.23. The number of hydrogen-bond donors (Lipinski definition) is 2. The van der Waals surface area contributed by atoms with E-state index in [1.54, 1.807) is 12.3 Å². The van der Waals surface area contributed by atoms with Crippen LogP contribution >= 0.6 is 11.8 Å². The van der Waals surface area contributed by atoms with Gasteiger partial charge in [0.05, 0.1) is 5.69 Å². The third-order valence-electron chi connectivity index (χ3n) is 1.58. The number of nitrogens with two attached hydrogens (primary N) is 1. The van der Waals surface area contributed by atoms with E-state index in [0.717, 1.165) is 10.7 Å². The van der Waals surface area contributed by atoms with Gasteiger partial charge in [-0.25, -0.2) is 20.8 Å². The lowest BCUT2D eigenvalue weighted by molar-refractivity contribution is 0.454. The number of nitrogens with one attached hydrogen (secondary N) is 1. The molecule has 0 saturated heterocycles. The number of aryl methyl sites for hydroxylation is 1. The zero-order valence-electron chi connectivity index (χ0n) is 7.97. The molecule has 0 aliphatic carbocycles. The van der Waals surface area contributed by atoms with E-state index in [4.69, 9.17) is 10.3 Å². The van der Waals surface area contributed by atoms with Crippen molar-refractivity contribution >= 4 is 17.6 Å². The van der Waals surface area contributed by atoms with Crippen LogP contribution in [-0.4, -0.2) is 15.0 Å². The van der Waals surface area contributed by atoms with Gasteiger partial charge in [0.25, 0.3) is 5.22 Å². The lowest BCUT2D eigenvalue weighted by Crippen LogP contribution is -2.08. The number of oxazole rings is 1. The van der Waals surface area contributed by atoms with Gasteiger partial charge >= 0.3 is 0 Å². The normalized spacial score (nSPS) is 10.3. The minimum absolute atomic E-state index is 0.550. The summed E-state index contributed by atoms with van der Waals surface area (Å²) in [7, 11) is 0. The highest BCUT2D eigenvalue weighted by atomic mass is 32.2. The van der Waals surface area contributed by atoms with Crippen LogP contribution in [0, 0.1) is 6.92 Å². The van der Waals surface area contributed by atoms with E-state index in [-0.39, 0.29) is 0 Å². The van der Waals surface area contributed by atoms with E-state index < -0.39 is 0 Å². The molecule has 2 aromatic rings. The van der Waals surface area contributed by atoms with Crippen LogP contribution in [0.5, 0.6) is 0 Å². The number of nitrogens with zero attached hydrogens (tertiary/aromatic N) is 3. The molecular weight excluding hydrogens is 214 g/mol. The maximum absolute atomic E-state index is 5.23. The van der Waals surface area contributed by atoms with Gasteiger partial charge in [-0.15, -0.1) is 0 Å². The van der Waals surface area contributed by atoms with Gasteiger partial charge in [0.15, 0.2) is 0 Å². The van der Waals surface area contributed by atoms with Gasteiger partial charge < -0.3 is 9.84 Å². The van der Waals surface area contributed by atoms with Gasteiger partial charge in [0, 0.05) is 6.07 Å². The highest BCUT2D eigenvalue weighted by molar-refractivity contribution is 7.99. The smallest absolute Gasteiger partial charge is 0.262 e. The summed E-state index contributed by atoms with van der Waals surface area (Å²) in [6.45, 7) is 1.86. The number of anilines is 1. The van der Waals surface area contributed by atoms with Crippen LogP contribution in [0.4, 0.5) is 5.82 Å². The Morgan fingerprint density at radius 1 is 1.47 bits per heavy atom. The molecule has 0 unspecified atom stereocenters. The molecule has 0 aromatic carbocycles. The van der Waals surface area contributed by atoms with Crippen LogP contribution < -0.4 is 11.3 Å². The number of hydrogen-bond acceptors (Lipinski definition) is 7. The van der Waals surface area contributed by atoms with E-state index in [1.807, 2.05) is 6.92 Å². The lowest BCUT2D eigenvalue weighted by atomic mass is 10.6. The maximum Gasteiger partial charge on any atom is 0.262 e. The molecule has 78 valence electrons. The van der Waals surface area contributed by atoms with Crippen molar-refractivity contribution in [2.75, 3.05) is 5.43 Å². The quantitative estimate of drug-likeness (QED) is 0.459. The average molecular weight is 223 g/mol. The van der Waals surface area contributed by atoms with Gasteiger partial charge in [0.2, 0.25) is 0 Å². The average Bonchev–Trinajstić information content (AvgIpc) is 2.64. The van der Waals surface area contributed by atoms with Crippen molar-refractivity contribution in [1.82, 2.24) is 15.0 Å². The predicted molar refractivity (Wildman–Crippen MR) is 55.2 cm³/mol. The van der Waals surface area contributed by atoms with Gasteiger partial charge in [0.1, 0.15) is 23.4 Å². The first kappa shape index (κ1) is 9.94. The van der Waals surface area contributed by atoms with Crippen molar-refractivity contribution in [3.63, 3.8) is 0 Å². The second kappa shape index (κ2) is 4.28. The Hall–Kier alpha value is -1.60. The molecule has 0 radical (unpaired) electrons. The van der Waals surface area contributed by atoms with Gasteiger partial charge in [-0.2, -0.15) is 0 Å². The minimum Gasteiger partial charge on any atom is -0.439 e. The lowest BCUT2D eigenvalue weighted by Gasteiger charge is -1.99. The molecule has 0 aliphatic rings. The molecule has 2 heterocycles. The number of nitrogen functional groups attached to an aromatic ring is 1. The molecule has 7 heteroatoms. The summed E-state index contributed by atoms with van der Waals surface area (Å²) in [6.07, 6.45) is 3.01. The topological polar surface area (TPSA) is 89.9 Å². The molecule has 0 spiro atoms. The molecule has 0 amide bonds. The minimum atomic E-state index is 0.550. The Kier molecular flexibility index (Phi) is 2.84. The molecule has 2 rings (SSSR count). The van der Waals surface area contributed by atoms with Crippen LogP contribution in [0.2, 0.25) is 0 Å². The summed E-state index contributed by atoms with van der Waals surface area (Å²) >= 11 is 1.31. The molecule has 2 aromatic heterocycles. The molecular formula is C8H9N5OS. The second-order valence-electron chi connectivity index (χ2n) is 2.74. The Labute approximate surface area is 90.3 Å². The highest BCUT2D eigenvalue weighted by Crippen LogP contribution is 2.25. The van der Waals surface area contributed by atoms with Crippen LogP contribution in [0.1, 0.15) is 5.69 Å². The number of aromatic nitrogens is 3. The Morgan fingerprint density at radius 2 is 2.33 bits per heavy atom. The molecule has 3 N–H and O–H groups in total. The Morgan fingerprint density at radius 3 is 3.00 bits per heavy atom. The highest BCUT2D eigenvalue weighted by Gasteiger charge is 2.05. The van der Waals surface area contributed by atoms with E-state index in [0.29, 0.717) is 11.0 Å².